The Morgan fingerprint density at radius 3 is 2.04 bits per heavy atom. The molecule has 0 spiro atoms. The highest BCUT2D eigenvalue weighted by molar-refractivity contribution is 5.89. The number of methoxy groups -OCH3 is 3. The van der Waals surface area contributed by atoms with Crippen molar-refractivity contribution in [3.05, 3.63) is 23.8 Å². The SMILES string of the molecule is CCN(CC)C(=O)COC(=O)/C=C/c1cc(OC)c(OC)cc1OC. The summed E-state index contributed by atoms with van der Waals surface area (Å²) in [4.78, 5) is 25.2. The van der Waals surface area contributed by atoms with Crippen LogP contribution in [-0.4, -0.2) is 57.8 Å². The van der Waals surface area contributed by atoms with Gasteiger partial charge in [-0.2, -0.15) is 0 Å². The summed E-state index contributed by atoms with van der Waals surface area (Å²) in [5.41, 5.74) is 0.618. The molecule has 0 saturated heterocycles. The van der Waals surface area contributed by atoms with Gasteiger partial charge in [-0.1, -0.05) is 0 Å². The van der Waals surface area contributed by atoms with E-state index < -0.39 is 5.97 Å². The number of nitrogens with zero attached hydrogens (tertiary/aromatic N) is 1. The van der Waals surface area contributed by atoms with E-state index in [4.69, 9.17) is 18.9 Å². The highest BCUT2D eigenvalue weighted by atomic mass is 16.5. The molecule has 0 saturated carbocycles. The minimum absolute atomic E-state index is 0.226. The van der Waals surface area contributed by atoms with Crippen LogP contribution in [0.25, 0.3) is 6.08 Å². The van der Waals surface area contributed by atoms with Gasteiger partial charge in [0.15, 0.2) is 18.1 Å². The van der Waals surface area contributed by atoms with Crippen molar-refractivity contribution >= 4 is 18.0 Å². The summed E-state index contributed by atoms with van der Waals surface area (Å²) in [6.45, 7) is 4.60. The van der Waals surface area contributed by atoms with Crippen molar-refractivity contribution in [2.75, 3.05) is 41.0 Å². The van der Waals surface area contributed by atoms with Crippen molar-refractivity contribution in [3.63, 3.8) is 0 Å². The normalized spacial score (nSPS) is 10.4. The van der Waals surface area contributed by atoms with Crippen LogP contribution in [0.3, 0.4) is 0 Å². The summed E-state index contributed by atoms with van der Waals surface area (Å²) in [7, 11) is 4.56. The van der Waals surface area contributed by atoms with E-state index in [1.807, 2.05) is 13.8 Å². The highest BCUT2D eigenvalue weighted by Gasteiger charge is 2.12. The summed E-state index contributed by atoms with van der Waals surface area (Å²) >= 11 is 0. The van der Waals surface area contributed by atoms with Crippen LogP contribution in [0.2, 0.25) is 0 Å². The molecule has 0 fully saturated rings. The first kappa shape index (κ1) is 20.3. The average molecular weight is 351 g/mol. The van der Waals surface area contributed by atoms with Crippen LogP contribution in [-0.2, 0) is 14.3 Å². The lowest BCUT2D eigenvalue weighted by Gasteiger charge is -2.17. The van der Waals surface area contributed by atoms with Gasteiger partial charge in [-0.3, -0.25) is 4.79 Å². The summed E-state index contributed by atoms with van der Waals surface area (Å²) < 4.78 is 20.7. The number of hydrogen-bond acceptors (Lipinski definition) is 6. The molecule has 0 atom stereocenters. The number of likely N-dealkylation sites (N-methyl/N-ethyl adjacent to an activating group) is 1. The fourth-order valence-corrected chi connectivity index (χ4v) is 2.19. The molecule has 7 heteroatoms. The van der Waals surface area contributed by atoms with Crippen molar-refractivity contribution < 1.29 is 28.5 Å². The number of amides is 1. The Morgan fingerprint density at radius 2 is 1.52 bits per heavy atom. The number of carbonyl (C=O) groups excluding carboxylic acids is 2. The lowest BCUT2D eigenvalue weighted by molar-refractivity contribution is -0.147. The van der Waals surface area contributed by atoms with Gasteiger partial charge >= 0.3 is 5.97 Å². The standard InChI is InChI=1S/C18H25NO6/c1-6-19(7-2)17(20)12-25-18(21)9-8-13-10-15(23-4)16(24-5)11-14(13)22-3/h8-11H,6-7,12H2,1-5H3/b9-8+. The molecular weight excluding hydrogens is 326 g/mol. The molecule has 0 bridgehead atoms. The maximum absolute atomic E-state index is 11.8. The molecule has 1 aromatic carbocycles. The van der Waals surface area contributed by atoms with Gasteiger partial charge in [-0.05, 0) is 26.0 Å². The Balaban J connectivity index is 2.80. The second-order valence-corrected chi connectivity index (χ2v) is 4.96. The van der Waals surface area contributed by atoms with E-state index in [9.17, 15) is 9.59 Å². The fourth-order valence-electron chi connectivity index (χ4n) is 2.19. The quantitative estimate of drug-likeness (QED) is 0.501. The maximum atomic E-state index is 11.8. The van der Waals surface area contributed by atoms with E-state index in [2.05, 4.69) is 0 Å². The topological polar surface area (TPSA) is 74.3 Å². The van der Waals surface area contributed by atoms with E-state index in [1.54, 1.807) is 17.0 Å². The highest BCUT2D eigenvalue weighted by Crippen LogP contribution is 2.35. The van der Waals surface area contributed by atoms with Gasteiger partial charge in [0, 0.05) is 30.8 Å². The van der Waals surface area contributed by atoms with Gasteiger partial charge in [0.05, 0.1) is 21.3 Å². The minimum atomic E-state index is -0.614. The smallest absolute Gasteiger partial charge is 0.331 e. The molecule has 1 amide bonds. The fraction of sp³-hybridized carbons (Fsp3) is 0.444. The van der Waals surface area contributed by atoms with Crippen LogP contribution in [0.5, 0.6) is 17.2 Å². The summed E-state index contributed by atoms with van der Waals surface area (Å²) in [5, 5.41) is 0. The first-order chi connectivity index (χ1) is 12.0. The summed E-state index contributed by atoms with van der Waals surface area (Å²) in [6.07, 6.45) is 2.77. The van der Waals surface area contributed by atoms with Crippen molar-refractivity contribution in [1.29, 1.82) is 0 Å². The van der Waals surface area contributed by atoms with E-state index in [-0.39, 0.29) is 12.5 Å². The lowest BCUT2D eigenvalue weighted by Crippen LogP contribution is -2.34. The monoisotopic (exact) mass is 351 g/mol. The Bertz CT molecular complexity index is 622. The van der Waals surface area contributed by atoms with Gasteiger partial charge in [-0.25, -0.2) is 4.79 Å². The van der Waals surface area contributed by atoms with Gasteiger partial charge in [0.25, 0.3) is 5.91 Å². The third-order valence-electron chi connectivity index (χ3n) is 3.59. The van der Waals surface area contributed by atoms with Crippen LogP contribution in [0.15, 0.2) is 18.2 Å². The molecule has 1 rings (SSSR count). The van der Waals surface area contributed by atoms with Gasteiger partial charge in [0.1, 0.15) is 5.75 Å². The van der Waals surface area contributed by atoms with Crippen LogP contribution in [0.1, 0.15) is 19.4 Å². The van der Waals surface area contributed by atoms with E-state index in [0.29, 0.717) is 35.9 Å². The number of rotatable bonds is 9. The first-order valence-corrected chi connectivity index (χ1v) is 7.93. The molecule has 0 aliphatic heterocycles. The average Bonchev–Trinajstić information content (AvgIpc) is 2.64. The van der Waals surface area contributed by atoms with Crippen molar-refractivity contribution in [2.45, 2.75) is 13.8 Å². The van der Waals surface area contributed by atoms with Gasteiger partial charge < -0.3 is 23.8 Å². The first-order valence-electron chi connectivity index (χ1n) is 7.93. The molecule has 1 aromatic rings. The molecule has 7 nitrogen and oxygen atoms in total. The third-order valence-corrected chi connectivity index (χ3v) is 3.59. The number of ether oxygens (including phenoxy) is 4. The molecule has 0 aliphatic carbocycles. The molecule has 0 heterocycles. The predicted octanol–water partition coefficient (Wildman–Crippen LogP) is 2.14. The lowest BCUT2D eigenvalue weighted by atomic mass is 10.1. The molecule has 0 radical (unpaired) electrons. The Labute approximate surface area is 148 Å². The van der Waals surface area contributed by atoms with E-state index in [1.165, 1.54) is 33.5 Å². The van der Waals surface area contributed by atoms with Crippen LogP contribution in [0, 0.1) is 0 Å². The molecule has 138 valence electrons. The van der Waals surface area contributed by atoms with Crippen LogP contribution < -0.4 is 14.2 Å². The number of esters is 1. The van der Waals surface area contributed by atoms with Crippen LogP contribution >= 0.6 is 0 Å². The zero-order valence-electron chi connectivity index (χ0n) is 15.3. The predicted molar refractivity (Wildman–Crippen MR) is 94.0 cm³/mol. The van der Waals surface area contributed by atoms with Gasteiger partial charge in [0.2, 0.25) is 0 Å². The van der Waals surface area contributed by atoms with E-state index in [0.717, 1.165) is 0 Å². The van der Waals surface area contributed by atoms with Gasteiger partial charge in [-0.15, -0.1) is 0 Å². The second kappa shape index (κ2) is 10.2. The summed E-state index contributed by atoms with van der Waals surface area (Å²) in [5.74, 6) is 0.700. The molecular formula is C18H25NO6. The largest absolute Gasteiger partial charge is 0.496 e. The molecule has 0 aliphatic rings. The Morgan fingerprint density at radius 1 is 0.960 bits per heavy atom. The van der Waals surface area contributed by atoms with Crippen LogP contribution in [0.4, 0.5) is 0 Å². The van der Waals surface area contributed by atoms with Crippen molar-refractivity contribution in [3.8, 4) is 17.2 Å². The third kappa shape index (κ3) is 5.70. The zero-order chi connectivity index (χ0) is 18.8. The minimum Gasteiger partial charge on any atom is -0.496 e. The van der Waals surface area contributed by atoms with E-state index >= 15 is 0 Å². The maximum Gasteiger partial charge on any atom is 0.331 e. The molecule has 0 aromatic heterocycles. The Kier molecular flexibility index (Phi) is 8.32. The molecule has 0 N–H and O–H groups in total. The number of hydrogen-bond donors (Lipinski definition) is 0. The number of carbonyl (C=O) groups is 2. The molecule has 0 unspecified atom stereocenters. The molecule has 25 heavy (non-hydrogen) atoms. The van der Waals surface area contributed by atoms with Crippen molar-refractivity contribution in [1.82, 2.24) is 4.90 Å². The Hall–Kier alpha value is -2.70. The number of benzene rings is 1. The zero-order valence-corrected chi connectivity index (χ0v) is 15.3. The summed E-state index contributed by atoms with van der Waals surface area (Å²) in [6, 6.07) is 3.34. The van der Waals surface area contributed by atoms with Crippen molar-refractivity contribution in [2.24, 2.45) is 0 Å². The second-order valence-electron chi connectivity index (χ2n) is 4.96.